The van der Waals surface area contributed by atoms with Gasteiger partial charge in [0.05, 0.1) is 30.5 Å². The first kappa shape index (κ1) is 29.4. The van der Waals surface area contributed by atoms with E-state index in [1.54, 1.807) is 13.3 Å². The Labute approximate surface area is 220 Å². The first-order chi connectivity index (χ1) is 17.0. The SMILES string of the molecule is COc1cnc(Br)cc1C1=C(CN[C@@H](C)[C@H](O)c2cc(C(F)(F)F)cc(C(F)(F)F)c2)CC(C)(C)CC1. The van der Waals surface area contributed by atoms with E-state index in [9.17, 15) is 31.4 Å². The fourth-order valence-corrected chi connectivity index (χ4v) is 4.89. The van der Waals surface area contributed by atoms with Crippen molar-refractivity contribution >= 4 is 21.5 Å². The molecule has 0 amide bonds. The fraction of sp³-hybridized carbons (Fsp3) is 0.500. The average molecular weight is 595 g/mol. The molecule has 1 aromatic carbocycles. The minimum atomic E-state index is -4.99. The van der Waals surface area contributed by atoms with E-state index < -0.39 is 41.2 Å². The van der Waals surface area contributed by atoms with Gasteiger partial charge in [0, 0.05) is 18.2 Å². The summed E-state index contributed by atoms with van der Waals surface area (Å²) in [5.74, 6) is 0.590. The van der Waals surface area contributed by atoms with Crippen molar-refractivity contribution in [2.75, 3.05) is 13.7 Å². The zero-order chi connectivity index (χ0) is 27.8. The predicted molar refractivity (Wildman–Crippen MR) is 132 cm³/mol. The number of aliphatic hydroxyl groups is 1. The molecule has 0 aliphatic heterocycles. The maximum atomic E-state index is 13.3. The van der Waals surface area contributed by atoms with Crippen LogP contribution in [0.1, 0.15) is 68.4 Å². The monoisotopic (exact) mass is 594 g/mol. The van der Waals surface area contributed by atoms with E-state index in [-0.39, 0.29) is 18.0 Å². The normalized spacial score (nSPS) is 18.1. The summed E-state index contributed by atoms with van der Waals surface area (Å²) in [5, 5.41) is 13.9. The molecular formula is C26H29BrF6N2O2. The van der Waals surface area contributed by atoms with Crippen molar-refractivity contribution in [2.24, 2.45) is 5.41 Å². The Hall–Kier alpha value is -2.11. The number of rotatable bonds is 7. The first-order valence-electron chi connectivity index (χ1n) is 11.6. The molecule has 0 spiro atoms. The molecule has 4 nitrogen and oxygen atoms in total. The number of hydrogen-bond acceptors (Lipinski definition) is 4. The quantitative estimate of drug-likeness (QED) is 0.256. The van der Waals surface area contributed by atoms with Crippen LogP contribution in [-0.2, 0) is 12.4 Å². The van der Waals surface area contributed by atoms with Crippen LogP contribution in [0.25, 0.3) is 5.57 Å². The van der Waals surface area contributed by atoms with E-state index in [0.717, 1.165) is 29.6 Å². The second kappa shape index (κ2) is 10.9. The van der Waals surface area contributed by atoms with Gasteiger partial charge in [-0.05, 0) is 82.9 Å². The van der Waals surface area contributed by atoms with Gasteiger partial charge in [0.1, 0.15) is 10.4 Å². The van der Waals surface area contributed by atoms with Crippen molar-refractivity contribution in [3.05, 3.63) is 62.9 Å². The van der Waals surface area contributed by atoms with Crippen molar-refractivity contribution in [1.82, 2.24) is 10.3 Å². The molecule has 1 aliphatic rings. The van der Waals surface area contributed by atoms with Gasteiger partial charge in [-0.25, -0.2) is 4.98 Å². The molecule has 37 heavy (non-hydrogen) atoms. The third-order valence-corrected chi connectivity index (χ3v) is 7.05. The summed E-state index contributed by atoms with van der Waals surface area (Å²) in [6.45, 7) is 6.06. The van der Waals surface area contributed by atoms with E-state index in [2.05, 4.69) is 40.1 Å². The fourth-order valence-electron chi connectivity index (χ4n) is 4.56. The number of aromatic nitrogens is 1. The molecule has 0 unspecified atom stereocenters. The predicted octanol–water partition coefficient (Wildman–Crippen LogP) is 7.57. The molecule has 204 valence electrons. The summed E-state index contributed by atoms with van der Waals surface area (Å²) < 4.78 is 85.7. The Bertz CT molecular complexity index is 1130. The van der Waals surface area contributed by atoms with Gasteiger partial charge in [-0.3, -0.25) is 0 Å². The number of benzene rings is 1. The zero-order valence-electron chi connectivity index (χ0n) is 20.8. The molecule has 0 saturated carbocycles. The molecular weight excluding hydrogens is 566 g/mol. The van der Waals surface area contributed by atoms with Crippen molar-refractivity contribution < 1.29 is 36.2 Å². The maximum Gasteiger partial charge on any atom is 0.416 e. The molecule has 11 heteroatoms. The van der Waals surface area contributed by atoms with Crippen LogP contribution in [0.2, 0.25) is 0 Å². The van der Waals surface area contributed by atoms with Gasteiger partial charge < -0.3 is 15.2 Å². The molecule has 2 atom stereocenters. The number of aliphatic hydroxyl groups excluding tert-OH is 1. The van der Waals surface area contributed by atoms with Gasteiger partial charge in [0.2, 0.25) is 0 Å². The number of hydrogen-bond donors (Lipinski definition) is 2. The smallest absolute Gasteiger partial charge is 0.416 e. The number of nitrogens with zero attached hydrogens (tertiary/aromatic N) is 1. The summed E-state index contributed by atoms with van der Waals surface area (Å²) in [7, 11) is 1.54. The largest absolute Gasteiger partial charge is 0.495 e. The third kappa shape index (κ3) is 7.26. The number of alkyl halides is 6. The molecule has 0 bridgehead atoms. The van der Waals surface area contributed by atoms with Gasteiger partial charge in [0.15, 0.2) is 0 Å². The highest BCUT2D eigenvalue weighted by molar-refractivity contribution is 9.10. The van der Waals surface area contributed by atoms with Crippen LogP contribution in [0.4, 0.5) is 26.3 Å². The van der Waals surface area contributed by atoms with Gasteiger partial charge in [-0.1, -0.05) is 19.4 Å². The van der Waals surface area contributed by atoms with Crippen LogP contribution in [0, 0.1) is 5.41 Å². The molecule has 3 rings (SSSR count). The minimum absolute atomic E-state index is 0.0114. The van der Waals surface area contributed by atoms with Gasteiger partial charge in [-0.15, -0.1) is 0 Å². The highest BCUT2D eigenvalue weighted by Gasteiger charge is 2.38. The summed E-state index contributed by atoms with van der Waals surface area (Å²) >= 11 is 3.38. The van der Waals surface area contributed by atoms with E-state index in [1.165, 1.54) is 6.92 Å². The third-order valence-electron chi connectivity index (χ3n) is 6.61. The highest BCUT2D eigenvalue weighted by Crippen LogP contribution is 2.44. The molecule has 1 aromatic heterocycles. The standard InChI is InChI=1S/C26H29BrF6N2O2/c1-14(23(36)15-7-17(25(28,29)30)9-18(8-15)26(31,32)33)34-12-16-11-24(2,3)6-5-19(16)20-10-22(27)35-13-21(20)37-4/h7-10,13-14,23,34,36H,5-6,11-12H2,1-4H3/t14-,23-/m0/s1. The van der Waals surface area contributed by atoms with E-state index in [0.29, 0.717) is 28.9 Å². The van der Waals surface area contributed by atoms with E-state index >= 15 is 0 Å². The average Bonchev–Trinajstić information content (AvgIpc) is 2.80. The lowest BCUT2D eigenvalue weighted by molar-refractivity contribution is -0.143. The van der Waals surface area contributed by atoms with Crippen LogP contribution < -0.4 is 10.1 Å². The van der Waals surface area contributed by atoms with Crippen molar-refractivity contribution in [3.8, 4) is 5.75 Å². The summed E-state index contributed by atoms with van der Waals surface area (Å²) in [5.41, 5.74) is -0.477. The van der Waals surface area contributed by atoms with Crippen molar-refractivity contribution in [3.63, 3.8) is 0 Å². The van der Waals surface area contributed by atoms with Crippen LogP contribution in [0.15, 0.2) is 40.6 Å². The lowest BCUT2D eigenvalue weighted by Crippen LogP contribution is -2.35. The highest BCUT2D eigenvalue weighted by atomic mass is 79.9. The first-order valence-corrected chi connectivity index (χ1v) is 12.4. The van der Waals surface area contributed by atoms with Gasteiger partial charge in [0.25, 0.3) is 0 Å². The Kier molecular flexibility index (Phi) is 8.71. The number of nitrogens with one attached hydrogen (secondary N) is 1. The maximum absolute atomic E-state index is 13.3. The number of ether oxygens (including phenoxy) is 1. The molecule has 0 radical (unpaired) electrons. The van der Waals surface area contributed by atoms with Crippen LogP contribution in [0.3, 0.4) is 0 Å². The Morgan fingerprint density at radius 3 is 2.22 bits per heavy atom. The van der Waals surface area contributed by atoms with E-state index in [4.69, 9.17) is 4.74 Å². The van der Waals surface area contributed by atoms with Gasteiger partial charge in [-0.2, -0.15) is 26.3 Å². The van der Waals surface area contributed by atoms with E-state index in [1.807, 2.05) is 6.07 Å². The number of methoxy groups -OCH3 is 1. The topological polar surface area (TPSA) is 54.4 Å². The molecule has 0 saturated heterocycles. The van der Waals surface area contributed by atoms with Crippen molar-refractivity contribution in [1.29, 1.82) is 0 Å². The van der Waals surface area contributed by atoms with Crippen LogP contribution >= 0.6 is 15.9 Å². The molecule has 2 N–H and O–H groups in total. The Morgan fingerprint density at radius 2 is 1.68 bits per heavy atom. The second-order valence-corrected chi connectivity index (χ2v) is 10.9. The number of pyridine rings is 1. The summed E-state index contributed by atoms with van der Waals surface area (Å²) in [4.78, 5) is 4.20. The zero-order valence-corrected chi connectivity index (χ0v) is 22.4. The lowest BCUT2D eigenvalue weighted by atomic mass is 9.73. The number of halogens is 7. The molecule has 2 aromatic rings. The van der Waals surface area contributed by atoms with Crippen LogP contribution in [0.5, 0.6) is 5.75 Å². The Morgan fingerprint density at radius 1 is 1.08 bits per heavy atom. The molecule has 0 fully saturated rings. The van der Waals surface area contributed by atoms with Crippen molar-refractivity contribution in [2.45, 2.75) is 64.5 Å². The number of allylic oxidation sites excluding steroid dienone is 1. The van der Waals surface area contributed by atoms with Crippen LogP contribution in [-0.4, -0.2) is 29.8 Å². The van der Waals surface area contributed by atoms with Gasteiger partial charge >= 0.3 is 12.4 Å². The Balaban J connectivity index is 1.91. The second-order valence-electron chi connectivity index (χ2n) is 10.1. The lowest BCUT2D eigenvalue weighted by Gasteiger charge is -2.35. The minimum Gasteiger partial charge on any atom is -0.495 e. The molecule has 1 heterocycles. The molecule has 1 aliphatic carbocycles. The summed E-state index contributed by atoms with van der Waals surface area (Å²) in [6.07, 6.45) is -7.60. The summed E-state index contributed by atoms with van der Waals surface area (Å²) in [6, 6.07) is 2.19.